The van der Waals surface area contributed by atoms with Crippen LogP contribution in [0.25, 0.3) is 11.0 Å². The molecule has 2 aliphatic heterocycles. The fourth-order valence-corrected chi connectivity index (χ4v) is 5.28. The van der Waals surface area contributed by atoms with Crippen LogP contribution in [0.2, 0.25) is 0 Å². The SMILES string of the molecule is CC1CCc2c(ccc3c2nc(CCn2cccn2)n3CC(=O)N2CCC(C#N)CC2)N1C(=O)O. The molecule has 0 radical (unpaired) electrons. The Hall–Kier alpha value is -3.87. The maximum absolute atomic E-state index is 13.3. The molecule has 10 nitrogen and oxygen atoms in total. The van der Waals surface area contributed by atoms with E-state index >= 15 is 0 Å². The molecule has 35 heavy (non-hydrogen) atoms. The number of fused-ring (bicyclic) bond motifs is 3. The van der Waals surface area contributed by atoms with Gasteiger partial charge in [-0.05, 0) is 50.8 Å². The number of carbonyl (C=O) groups excluding carboxylic acids is 1. The Morgan fingerprint density at radius 1 is 1.23 bits per heavy atom. The van der Waals surface area contributed by atoms with Gasteiger partial charge >= 0.3 is 6.09 Å². The number of carbonyl (C=O) groups is 2. The lowest BCUT2D eigenvalue weighted by molar-refractivity contribution is -0.133. The van der Waals surface area contributed by atoms with Gasteiger partial charge in [0.05, 0.1) is 22.8 Å². The van der Waals surface area contributed by atoms with Crippen molar-refractivity contribution in [2.24, 2.45) is 5.92 Å². The van der Waals surface area contributed by atoms with Crippen molar-refractivity contribution in [3.63, 3.8) is 0 Å². The summed E-state index contributed by atoms with van der Waals surface area (Å²) in [6, 6.07) is 7.82. The topological polar surface area (TPSA) is 120 Å². The fraction of sp³-hybridized carbons (Fsp3) is 0.480. The monoisotopic (exact) mass is 475 g/mol. The van der Waals surface area contributed by atoms with Crippen molar-refractivity contribution in [3.8, 4) is 6.07 Å². The van der Waals surface area contributed by atoms with Gasteiger partial charge in [0, 0.05) is 56.0 Å². The van der Waals surface area contributed by atoms with E-state index in [1.807, 2.05) is 45.5 Å². The zero-order chi connectivity index (χ0) is 24.5. The molecule has 0 saturated carbocycles. The van der Waals surface area contributed by atoms with E-state index in [9.17, 15) is 14.7 Å². The molecule has 1 saturated heterocycles. The average Bonchev–Trinajstić information content (AvgIpc) is 3.50. The molecule has 2 amide bonds. The average molecular weight is 476 g/mol. The van der Waals surface area contributed by atoms with Crippen LogP contribution in [0.3, 0.4) is 0 Å². The number of carboxylic acid groups (broad SMARTS) is 1. The summed E-state index contributed by atoms with van der Waals surface area (Å²) in [7, 11) is 0. The van der Waals surface area contributed by atoms with Gasteiger partial charge in [-0.15, -0.1) is 0 Å². The number of anilines is 1. The highest BCUT2D eigenvalue weighted by atomic mass is 16.4. The molecule has 1 N–H and O–H groups in total. The van der Waals surface area contributed by atoms with Crippen LogP contribution in [0.15, 0.2) is 30.6 Å². The molecule has 0 bridgehead atoms. The standard InChI is InChI=1S/C25H29N7O3/c1-17-3-4-19-20(32(17)25(34)35)5-6-21-24(19)28-22(9-14-30-11-2-10-27-30)31(21)16-23(33)29-12-7-18(15-26)8-13-29/h2,5-6,10-11,17-18H,3-4,7-9,12-14,16H2,1H3,(H,34,35). The highest BCUT2D eigenvalue weighted by Crippen LogP contribution is 2.36. The van der Waals surface area contributed by atoms with Crippen molar-refractivity contribution in [2.75, 3.05) is 18.0 Å². The summed E-state index contributed by atoms with van der Waals surface area (Å²) >= 11 is 0. The Labute approximate surface area is 203 Å². The van der Waals surface area contributed by atoms with Crippen LogP contribution in [0.1, 0.15) is 37.6 Å². The smallest absolute Gasteiger partial charge is 0.412 e. The van der Waals surface area contributed by atoms with Crippen LogP contribution in [-0.2, 0) is 30.7 Å². The number of hydrogen-bond donors (Lipinski definition) is 1. The Morgan fingerprint density at radius 2 is 2.03 bits per heavy atom. The number of likely N-dealkylation sites (tertiary alicyclic amines) is 1. The molecule has 0 aliphatic carbocycles. The Morgan fingerprint density at radius 3 is 2.71 bits per heavy atom. The van der Waals surface area contributed by atoms with Crippen molar-refractivity contribution in [1.29, 1.82) is 5.26 Å². The van der Waals surface area contributed by atoms with Gasteiger partial charge < -0.3 is 14.6 Å². The van der Waals surface area contributed by atoms with Crippen molar-refractivity contribution in [2.45, 2.75) is 58.2 Å². The number of nitriles is 1. The maximum atomic E-state index is 13.3. The summed E-state index contributed by atoms with van der Waals surface area (Å²) in [6.45, 7) is 3.89. The first-order valence-electron chi connectivity index (χ1n) is 12.1. The molecule has 2 aromatic heterocycles. The van der Waals surface area contributed by atoms with Crippen molar-refractivity contribution >= 4 is 28.7 Å². The third-order valence-electron chi connectivity index (χ3n) is 7.25. The van der Waals surface area contributed by atoms with E-state index in [-0.39, 0.29) is 24.4 Å². The number of nitrogens with zero attached hydrogens (tertiary/aromatic N) is 7. The van der Waals surface area contributed by atoms with E-state index in [0.29, 0.717) is 44.6 Å². The van der Waals surface area contributed by atoms with Gasteiger partial charge in [0.1, 0.15) is 12.4 Å². The van der Waals surface area contributed by atoms with Crippen LogP contribution >= 0.6 is 0 Å². The second-order valence-electron chi connectivity index (χ2n) is 9.39. The van der Waals surface area contributed by atoms with Crippen LogP contribution in [-0.4, -0.2) is 60.5 Å². The zero-order valence-electron chi connectivity index (χ0n) is 19.8. The van der Waals surface area contributed by atoms with Gasteiger partial charge in [-0.3, -0.25) is 14.4 Å². The van der Waals surface area contributed by atoms with E-state index in [1.54, 1.807) is 6.20 Å². The first kappa shape index (κ1) is 22.9. The number of aryl methyl sites for hydroxylation is 3. The predicted molar refractivity (Wildman–Crippen MR) is 129 cm³/mol. The van der Waals surface area contributed by atoms with E-state index in [4.69, 9.17) is 10.2 Å². The first-order chi connectivity index (χ1) is 17.0. The third-order valence-corrected chi connectivity index (χ3v) is 7.25. The van der Waals surface area contributed by atoms with E-state index in [0.717, 1.165) is 35.3 Å². The molecule has 2 aliphatic rings. The number of aromatic nitrogens is 4. The summed E-state index contributed by atoms with van der Waals surface area (Å²) in [5.41, 5.74) is 3.22. The normalized spacial score (nSPS) is 18.5. The van der Waals surface area contributed by atoms with Crippen molar-refractivity contribution in [1.82, 2.24) is 24.2 Å². The second-order valence-corrected chi connectivity index (χ2v) is 9.39. The summed E-state index contributed by atoms with van der Waals surface area (Å²) in [5.74, 6) is 0.813. The molecule has 1 fully saturated rings. The fourth-order valence-electron chi connectivity index (χ4n) is 5.28. The maximum Gasteiger partial charge on any atom is 0.412 e. The zero-order valence-corrected chi connectivity index (χ0v) is 19.8. The molecule has 4 heterocycles. The van der Waals surface area contributed by atoms with Gasteiger partial charge in [-0.2, -0.15) is 10.4 Å². The molecule has 1 aromatic carbocycles. The van der Waals surface area contributed by atoms with Crippen LogP contribution in [0, 0.1) is 17.2 Å². The number of amides is 2. The number of piperidine rings is 1. The summed E-state index contributed by atoms with van der Waals surface area (Å²) in [5, 5.41) is 23.2. The Kier molecular flexibility index (Phi) is 6.16. The van der Waals surface area contributed by atoms with Gasteiger partial charge in [0.15, 0.2) is 0 Å². The number of benzene rings is 1. The lowest BCUT2D eigenvalue weighted by Crippen LogP contribution is -2.41. The second kappa shape index (κ2) is 9.41. The Bertz CT molecular complexity index is 1280. The van der Waals surface area contributed by atoms with Crippen molar-refractivity contribution in [3.05, 3.63) is 42.0 Å². The predicted octanol–water partition coefficient (Wildman–Crippen LogP) is 3.06. The lowest BCUT2D eigenvalue weighted by Gasteiger charge is -2.33. The molecular weight excluding hydrogens is 446 g/mol. The summed E-state index contributed by atoms with van der Waals surface area (Å²) in [6.07, 6.45) is 6.12. The lowest BCUT2D eigenvalue weighted by atomic mass is 9.96. The van der Waals surface area contributed by atoms with Gasteiger partial charge in [-0.25, -0.2) is 9.78 Å². The minimum absolute atomic E-state index is 0.0135. The Balaban J connectivity index is 1.50. The van der Waals surface area contributed by atoms with E-state index in [2.05, 4.69) is 11.2 Å². The molecule has 3 aromatic rings. The quantitative estimate of drug-likeness (QED) is 0.606. The number of rotatable bonds is 5. The molecule has 5 rings (SSSR count). The third kappa shape index (κ3) is 4.34. The van der Waals surface area contributed by atoms with Crippen molar-refractivity contribution < 1.29 is 14.7 Å². The van der Waals surface area contributed by atoms with Gasteiger partial charge in [-0.1, -0.05) is 0 Å². The number of imidazole rings is 1. The minimum Gasteiger partial charge on any atom is -0.465 e. The highest BCUT2D eigenvalue weighted by Gasteiger charge is 2.31. The summed E-state index contributed by atoms with van der Waals surface area (Å²) in [4.78, 5) is 33.4. The molecule has 0 spiro atoms. The van der Waals surface area contributed by atoms with Gasteiger partial charge in [0.2, 0.25) is 5.91 Å². The van der Waals surface area contributed by atoms with Gasteiger partial charge in [0.25, 0.3) is 0 Å². The van der Waals surface area contributed by atoms with Crippen LogP contribution in [0.5, 0.6) is 0 Å². The van der Waals surface area contributed by atoms with Crippen LogP contribution in [0.4, 0.5) is 10.5 Å². The van der Waals surface area contributed by atoms with E-state index < -0.39 is 6.09 Å². The molecular formula is C25H29N7O3. The molecule has 1 unspecified atom stereocenters. The van der Waals surface area contributed by atoms with E-state index in [1.165, 1.54) is 4.90 Å². The minimum atomic E-state index is -0.966. The first-order valence-corrected chi connectivity index (χ1v) is 12.1. The van der Waals surface area contributed by atoms with Crippen LogP contribution < -0.4 is 4.90 Å². The summed E-state index contributed by atoms with van der Waals surface area (Å²) < 4.78 is 3.81. The largest absolute Gasteiger partial charge is 0.465 e. The molecule has 10 heteroatoms. The highest BCUT2D eigenvalue weighted by molar-refractivity contribution is 5.95. The molecule has 182 valence electrons. The molecule has 1 atom stereocenters. The number of hydrogen-bond acceptors (Lipinski definition) is 5.